The van der Waals surface area contributed by atoms with E-state index >= 15 is 0 Å². The van der Waals surface area contributed by atoms with E-state index in [1.807, 2.05) is 0 Å². The molecule has 70 valence electrons. The Morgan fingerprint density at radius 1 is 1.38 bits per heavy atom. The van der Waals surface area contributed by atoms with Gasteiger partial charge in [0.2, 0.25) is 0 Å². The van der Waals surface area contributed by atoms with Crippen molar-refractivity contribution < 1.29 is 9.47 Å². The maximum absolute atomic E-state index is 7.16. The molecule has 0 radical (unpaired) electrons. The van der Waals surface area contributed by atoms with E-state index in [0.717, 1.165) is 0 Å². The lowest BCUT2D eigenvalue weighted by molar-refractivity contribution is 0.0511. The van der Waals surface area contributed by atoms with Gasteiger partial charge in [-0.15, -0.1) is 0 Å². The molecule has 0 aliphatic rings. The van der Waals surface area contributed by atoms with Crippen molar-refractivity contribution in [2.24, 2.45) is 5.73 Å². The summed E-state index contributed by atoms with van der Waals surface area (Å²) in [6.45, 7) is 0.222. The second-order valence-corrected chi connectivity index (χ2v) is 2.49. The van der Waals surface area contributed by atoms with Crippen molar-refractivity contribution in [2.45, 2.75) is 0 Å². The summed E-state index contributed by atoms with van der Waals surface area (Å²) >= 11 is 0. The van der Waals surface area contributed by atoms with Crippen LogP contribution in [0.25, 0.3) is 0 Å². The number of hydrogen-bond donors (Lipinski definition) is 2. The minimum atomic E-state index is 0.0540. The first-order valence-corrected chi connectivity index (χ1v) is 3.80. The normalized spacial score (nSPS) is 9.62. The first-order chi connectivity index (χ1) is 6.24. The molecular formula is C9H12N2O2. The minimum Gasteiger partial charge on any atom is -0.468 e. The number of nitrogens with two attached hydrogens (primary N) is 1. The standard InChI is InChI=1S/C9H12N2O2/c1-12-6-13-8-4-2-7(3-5-8)9(10)11/h2-5H,6H2,1H3,(H3,10,11). The van der Waals surface area contributed by atoms with Crippen LogP contribution in [0.3, 0.4) is 0 Å². The number of nitrogen functional groups attached to an aromatic ring is 1. The Bertz CT molecular complexity index is 282. The van der Waals surface area contributed by atoms with Crippen LogP contribution in [-0.2, 0) is 4.74 Å². The zero-order chi connectivity index (χ0) is 9.68. The fourth-order valence-electron chi connectivity index (χ4n) is 0.858. The van der Waals surface area contributed by atoms with E-state index in [-0.39, 0.29) is 12.6 Å². The molecule has 0 unspecified atom stereocenters. The van der Waals surface area contributed by atoms with E-state index in [2.05, 4.69) is 0 Å². The Labute approximate surface area is 76.8 Å². The zero-order valence-corrected chi connectivity index (χ0v) is 7.41. The number of benzene rings is 1. The largest absolute Gasteiger partial charge is 0.468 e. The maximum Gasteiger partial charge on any atom is 0.188 e. The van der Waals surface area contributed by atoms with Crippen LogP contribution >= 0.6 is 0 Å². The van der Waals surface area contributed by atoms with Gasteiger partial charge in [-0.2, -0.15) is 0 Å². The van der Waals surface area contributed by atoms with Gasteiger partial charge in [0.1, 0.15) is 11.6 Å². The molecule has 0 aromatic heterocycles. The fraction of sp³-hybridized carbons (Fsp3) is 0.222. The SMILES string of the molecule is COCOc1ccc(C(=N)N)cc1. The Hall–Kier alpha value is -1.55. The Kier molecular flexibility index (Phi) is 3.28. The van der Waals surface area contributed by atoms with Gasteiger partial charge >= 0.3 is 0 Å². The number of methoxy groups -OCH3 is 1. The molecule has 13 heavy (non-hydrogen) atoms. The molecule has 0 fully saturated rings. The van der Waals surface area contributed by atoms with Gasteiger partial charge in [0, 0.05) is 12.7 Å². The predicted molar refractivity (Wildman–Crippen MR) is 50.0 cm³/mol. The second-order valence-electron chi connectivity index (χ2n) is 2.49. The van der Waals surface area contributed by atoms with Gasteiger partial charge in [-0.25, -0.2) is 0 Å². The molecule has 4 heteroatoms. The van der Waals surface area contributed by atoms with Crippen LogP contribution < -0.4 is 10.5 Å². The van der Waals surface area contributed by atoms with E-state index < -0.39 is 0 Å². The van der Waals surface area contributed by atoms with Gasteiger partial charge in [-0.1, -0.05) is 0 Å². The molecule has 3 N–H and O–H groups in total. The van der Waals surface area contributed by atoms with Crippen LogP contribution in [0.2, 0.25) is 0 Å². The van der Waals surface area contributed by atoms with Gasteiger partial charge in [0.05, 0.1) is 0 Å². The summed E-state index contributed by atoms with van der Waals surface area (Å²) in [4.78, 5) is 0. The molecule has 0 bridgehead atoms. The molecule has 1 rings (SSSR count). The molecule has 0 atom stereocenters. The lowest BCUT2D eigenvalue weighted by atomic mass is 10.2. The highest BCUT2D eigenvalue weighted by Crippen LogP contribution is 2.11. The predicted octanol–water partition coefficient (Wildman–Crippen LogP) is 0.953. The Balaban J connectivity index is 2.64. The van der Waals surface area contributed by atoms with Crippen molar-refractivity contribution in [2.75, 3.05) is 13.9 Å². The quantitative estimate of drug-likeness (QED) is 0.412. The van der Waals surface area contributed by atoms with Crippen LogP contribution in [0.4, 0.5) is 0 Å². The molecule has 0 aliphatic heterocycles. The lowest BCUT2D eigenvalue weighted by Crippen LogP contribution is -2.10. The van der Waals surface area contributed by atoms with Crippen LogP contribution in [0.15, 0.2) is 24.3 Å². The summed E-state index contributed by atoms with van der Waals surface area (Å²) in [6.07, 6.45) is 0. The Morgan fingerprint density at radius 2 is 2.00 bits per heavy atom. The highest BCUT2D eigenvalue weighted by atomic mass is 16.7. The number of ether oxygens (including phenoxy) is 2. The fourth-order valence-corrected chi connectivity index (χ4v) is 0.858. The van der Waals surface area contributed by atoms with E-state index in [9.17, 15) is 0 Å². The summed E-state index contributed by atoms with van der Waals surface area (Å²) in [5.74, 6) is 0.755. The van der Waals surface area contributed by atoms with E-state index in [0.29, 0.717) is 11.3 Å². The average Bonchev–Trinajstić information content (AvgIpc) is 2.15. The molecule has 0 amide bonds. The summed E-state index contributed by atoms with van der Waals surface area (Å²) in [7, 11) is 1.56. The van der Waals surface area contributed by atoms with Gasteiger partial charge in [-0.3, -0.25) is 5.41 Å². The number of hydrogen-bond acceptors (Lipinski definition) is 3. The number of amidine groups is 1. The minimum absolute atomic E-state index is 0.0540. The van der Waals surface area contributed by atoms with E-state index in [1.165, 1.54) is 0 Å². The molecule has 0 spiro atoms. The topological polar surface area (TPSA) is 68.3 Å². The first kappa shape index (κ1) is 9.54. The molecule has 1 aromatic rings. The Morgan fingerprint density at radius 3 is 2.46 bits per heavy atom. The van der Waals surface area contributed by atoms with Gasteiger partial charge in [-0.05, 0) is 24.3 Å². The monoisotopic (exact) mass is 180 g/mol. The van der Waals surface area contributed by atoms with E-state index in [1.54, 1.807) is 31.4 Å². The van der Waals surface area contributed by atoms with Crippen molar-refractivity contribution in [3.63, 3.8) is 0 Å². The molecule has 0 heterocycles. The van der Waals surface area contributed by atoms with Crippen LogP contribution in [-0.4, -0.2) is 19.7 Å². The molecule has 0 aliphatic carbocycles. The van der Waals surface area contributed by atoms with Crippen LogP contribution in [0.1, 0.15) is 5.56 Å². The summed E-state index contributed by atoms with van der Waals surface area (Å²) in [6, 6.07) is 6.95. The summed E-state index contributed by atoms with van der Waals surface area (Å²) in [5, 5.41) is 7.16. The molecule has 0 saturated heterocycles. The first-order valence-electron chi connectivity index (χ1n) is 3.80. The molecular weight excluding hydrogens is 168 g/mol. The maximum atomic E-state index is 7.16. The van der Waals surface area contributed by atoms with Crippen molar-refractivity contribution in [1.82, 2.24) is 0 Å². The van der Waals surface area contributed by atoms with Gasteiger partial charge in [0.25, 0.3) is 0 Å². The highest BCUT2D eigenvalue weighted by Gasteiger charge is 1.96. The van der Waals surface area contributed by atoms with Gasteiger partial charge in [0.15, 0.2) is 6.79 Å². The highest BCUT2D eigenvalue weighted by molar-refractivity contribution is 5.94. The van der Waals surface area contributed by atoms with Crippen LogP contribution in [0, 0.1) is 5.41 Å². The second kappa shape index (κ2) is 4.47. The third-order valence-electron chi connectivity index (χ3n) is 1.51. The third-order valence-corrected chi connectivity index (χ3v) is 1.51. The van der Waals surface area contributed by atoms with Crippen molar-refractivity contribution in [3.05, 3.63) is 29.8 Å². The van der Waals surface area contributed by atoms with Crippen molar-refractivity contribution >= 4 is 5.84 Å². The summed E-state index contributed by atoms with van der Waals surface area (Å²) < 4.78 is 9.89. The number of nitrogens with one attached hydrogen (secondary N) is 1. The molecule has 1 aromatic carbocycles. The van der Waals surface area contributed by atoms with E-state index in [4.69, 9.17) is 20.6 Å². The van der Waals surface area contributed by atoms with Gasteiger partial charge < -0.3 is 15.2 Å². The van der Waals surface area contributed by atoms with Crippen LogP contribution in [0.5, 0.6) is 5.75 Å². The molecule has 4 nitrogen and oxygen atoms in total. The third kappa shape index (κ3) is 2.76. The summed E-state index contributed by atoms with van der Waals surface area (Å²) in [5.41, 5.74) is 5.97. The van der Waals surface area contributed by atoms with Crippen molar-refractivity contribution in [3.8, 4) is 5.75 Å². The smallest absolute Gasteiger partial charge is 0.188 e. The lowest BCUT2D eigenvalue weighted by Gasteiger charge is -2.04. The number of rotatable bonds is 4. The molecule has 0 saturated carbocycles. The van der Waals surface area contributed by atoms with Crippen molar-refractivity contribution in [1.29, 1.82) is 5.41 Å². The zero-order valence-electron chi connectivity index (χ0n) is 7.41. The average molecular weight is 180 g/mol.